The van der Waals surface area contributed by atoms with Crippen LogP contribution in [0.25, 0.3) is 0 Å². The van der Waals surface area contributed by atoms with Crippen LogP contribution in [-0.2, 0) is 14.3 Å². The second-order valence-corrected chi connectivity index (χ2v) is 5.96. The van der Waals surface area contributed by atoms with Gasteiger partial charge in [0.05, 0.1) is 6.61 Å². The molecule has 0 radical (unpaired) electrons. The molecule has 2 rings (SSSR count). The van der Waals surface area contributed by atoms with Crippen LogP contribution >= 0.6 is 0 Å². The van der Waals surface area contributed by atoms with Gasteiger partial charge >= 0.3 is 5.97 Å². The van der Waals surface area contributed by atoms with Gasteiger partial charge in [0.15, 0.2) is 0 Å². The maximum absolute atomic E-state index is 12.3. The Morgan fingerprint density at radius 2 is 2.11 bits per heavy atom. The zero-order valence-corrected chi connectivity index (χ0v) is 11.5. The molecular formula is C15H22O3. The fourth-order valence-corrected chi connectivity index (χ4v) is 3.81. The number of rotatable bonds is 2. The second-order valence-electron chi connectivity index (χ2n) is 5.96. The minimum absolute atomic E-state index is 0.0399. The average Bonchev–Trinajstić information content (AvgIpc) is 2.63. The third-order valence-electron chi connectivity index (χ3n) is 5.16. The van der Waals surface area contributed by atoms with E-state index in [2.05, 4.69) is 13.5 Å². The third-order valence-corrected chi connectivity index (χ3v) is 5.16. The summed E-state index contributed by atoms with van der Waals surface area (Å²) in [4.78, 5) is 24.5. The Balaban J connectivity index is 2.41. The van der Waals surface area contributed by atoms with Crippen LogP contribution in [0.2, 0.25) is 0 Å². The molecule has 2 aliphatic rings. The largest absolute Gasteiger partial charge is 0.465 e. The molecule has 0 heterocycles. The minimum atomic E-state index is -0.970. The van der Waals surface area contributed by atoms with E-state index in [-0.39, 0.29) is 23.1 Å². The minimum Gasteiger partial charge on any atom is -0.465 e. The smallest absolute Gasteiger partial charge is 0.319 e. The van der Waals surface area contributed by atoms with Crippen molar-refractivity contribution in [2.24, 2.45) is 16.7 Å². The highest BCUT2D eigenvalue weighted by Crippen LogP contribution is 2.60. The van der Waals surface area contributed by atoms with E-state index in [9.17, 15) is 9.59 Å². The van der Waals surface area contributed by atoms with Crippen LogP contribution in [0.4, 0.5) is 0 Å². The van der Waals surface area contributed by atoms with Crippen molar-refractivity contribution in [1.82, 2.24) is 0 Å². The lowest BCUT2D eigenvalue weighted by Gasteiger charge is -2.46. The predicted molar refractivity (Wildman–Crippen MR) is 69.0 cm³/mol. The van der Waals surface area contributed by atoms with E-state index in [1.165, 1.54) is 5.57 Å². The second kappa shape index (κ2) is 4.22. The molecule has 3 nitrogen and oxygen atoms in total. The molecule has 0 spiro atoms. The Kier molecular flexibility index (Phi) is 3.12. The van der Waals surface area contributed by atoms with E-state index in [1.54, 1.807) is 13.8 Å². The first-order chi connectivity index (χ1) is 8.37. The standard InChI is InChI=1S/C15H22O3/c1-5-18-13(17)15(4)11-7-6-10(2)14(11,3)9-8-12(15)16/h11H,2,5-9H2,1,3-4H3/t11-,14+,15-/m1/s1. The highest BCUT2D eigenvalue weighted by molar-refractivity contribution is 6.04. The van der Waals surface area contributed by atoms with Gasteiger partial charge in [0.1, 0.15) is 11.2 Å². The molecule has 2 fully saturated rings. The zero-order valence-electron chi connectivity index (χ0n) is 11.5. The number of allylic oxidation sites excluding steroid dienone is 1. The maximum Gasteiger partial charge on any atom is 0.319 e. The highest BCUT2D eigenvalue weighted by atomic mass is 16.5. The number of Topliss-reactive ketones (excluding diaryl/α,β-unsaturated/α-hetero) is 1. The van der Waals surface area contributed by atoms with Crippen LogP contribution in [0.1, 0.15) is 46.5 Å². The van der Waals surface area contributed by atoms with Gasteiger partial charge in [-0.15, -0.1) is 0 Å². The van der Waals surface area contributed by atoms with Crippen LogP contribution in [-0.4, -0.2) is 18.4 Å². The fourth-order valence-electron chi connectivity index (χ4n) is 3.81. The molecule has 0 aromatic rings. The summed E-state index contributed by atoms with van der Waals surface area (Å²) in [7, 11) is 0. The molecule has 0 saturated heterocycles. The molecule has 100 valence electrons. The van der Waals surface area contributed by atoms with E-state index in [0.29, 0.717) is 13.0 Å². The lowest BCUT2D eigenvalue weighted by molar-refractivity contribution is -0.168. The number of ether oxygens (including phenoxy) is 1. The van der Waals surface area contributed by atoms with Gasteiger partial charge in [-0.05, 0) is 44.4 Å². The summed E-state index contributed by atoms with van der Waals surface area (Å²) in [5, 5.41) is 0. The lowest BCUT2D eigenvalue weighted by Crippen LogP contribution is -2.52. The summed E-state index contributed by atoms with van der Waals surface area (Å²) < 4.78 is 5.15. The normalized spacial score (nSPS) is 39.6. The van der Waals surface area contributed by atoms with Gasteiger partial charge in [0.2, 0.25) is 0 Å². The van der Waals surface area contributed by atoms with Gasteiger partial charge < -0.3 is 4.74 Å². The van der Waals surface area contributed by atoms with Gasteiger partial charge in [-0.2, -0.15) is 0 Å². The van der Waals surface area contributed by atoms with Crippen molar-refractivity contribution >= 4 is 11.8 Å². The first-order valence-electron chi connectivity index (χ1n) is 6.76. The quantitative estimate of drug-likeness (QED) is 0.430. The van der Waals surface area contributed by atoms with Gasteiger partial charge in [-0.1, -0.05) is 19.1 Å². The number of esters is 1. The Morgan fingerprint density at radius 1 is 1.44 bits per heavy atom. The molecule has 0 unspecified atom stereocenters. The summed E-state index contributed by atoms with van der Waals surface area (Å²) in [6, 6.07) is 0. The molecular weight excluding hydrogens is 228 g/mol. The molecule has 0 bridgehead atoms. The SMILES string of the molecule is C=C1CC[C@H]2[C@@](C)(C(=O)OCC)C(=O)CC[C@@]12C. The molecule has 18 heavy (non-hydrogen) atoms. The Morgan fingerprint density at radius 3 is 2.72 bits per heavy atom. The van der Waals surface area contributed by atoms with E-state index in [1.807, 2.05) is 0 Å². The van der Waals surface area contributed by atoms with Gasteiger partial charge in [0, 0.05) is 6.42 Å². The Labute approximate surface area is 109 Å². The van der Waals surface area contributed by atoms with E-state index < -0.39 is 5.41 Å². The van der Waals surface area contributed by atoms with E-state index in [0.717, 1.165) is 19.3 Å². The molecule has 3 atom stereocenters. The summed E-state index contributed by atoms with van der Waals surface area (Å²) in [5.41, 5.74) is 0.147. The van der Waals surface area contributed by atoms with Crippen LogP contribution in [0.15, 0.2) is 12.2 Å². The van der Waals surface area contributed by atoms with Crippen LogP contribution < -0.4 is 0 Å². The van der Waals surface area contributed by atoms with Crippen molar-refractivity contribution in [3.8, 4) is 0 Å². The molecule has 0 amide bonds. The number of hydrogen-bond donors (Lipinski definition) is 0. The van der Waals surface area contributed by atoms with Crippen molar-refractivity contribution in [3.63, 3.8) is 0 Å². The number of fused-ring (bicyclic) bond motifs is 1. The maximum atomic E-state index is 12.3. The van der Waals surface area contributed by atoms with Crippen molar-refractivity contribution < 1.29 is 14.3 Å². The third kappa shape index (κ3) is 1.56. The zero-order chi connectivity index (χ0) is 13.6. The van der Waals surface area contributed by atoms with Crippen LogP contribution in [0.3, 0.4) is 0 Å². The lowest BCUT2D eigenvalue weighted by atomic mass is 9.56. The summed E-state index contributed by atoms with van der Waals surface area (Å²) in [6.45, 7) is 10.2. The number of carbonyl (C=O) groups is 2. The molecule has 2 saturated carbocycles. The van der Waals surface area contributed by atoms with Crippen molar-refractivity contribution in [1.29, 1.82) is 0 Å². The predicted octanol–water partition coefficient (Wildman–Crippen LogP) is 2.89. The Bertz CT molecular complexity index is 412. The topological polar surface area (TPSA) is 43.4 Å². The van der Waals surface area contributed by atoms with Crippen LogP contribution in [0, 0.1) is 16.7 Å². The van der Waals surface area contributed by atoms with Gasteiger partial charge in [0.25, 0.3) is 0 Å². The molecule has 0 aromatic heterocycles. The number of carbonyl (C=O) groups excluding carboxylic acids is 2. The molecule has 3 heteroatoms. The first kappa shape index (κ1) is 13.3. The van der Waals surface area contributed by atoms with Crippen molar-refractivity contribution in [2.45, 2.75) is 46.5 Å². The molecule has 0 aromatic carbocycles. The number of hydrogen-bond acceptors (Lipinski definition) is 3. The van der Waals surface area contributed by atoms with Gasteiger partial charge in [-0.25, -0.2) is 0 Å². The highest BCUT2D eigenvalue weighted by Gasteiger charge is 2.61. The summed E-state index contributed by atoms with van der Waals surface area (Å²) >= 11 is 0. The molecule has 2 aliphatic carbocycles. The van der Waals surface area contributed by atoms with E-state index in [4.69, 9.17) is 4.74 Å². The molecule has 0 aliphatic heterocycles. The van der Waals surface area contributed by atoms with Gasteiger partial charge in [-0.3, -0.25) is 9.59 Å². The molecule has 0 N–H and O–H groups in total. The van der Waals surface area contributed by atoms with Crippen LogP contribution in [0.5, 0.6) is 0 Å². The fraction of sp³-hybridized carbons (Fsp3) is 0.733. The van der Waals surface area contributed by atoms with Crippen molar-refractivity contribution in [3.05, 3.63) is 12.2 Å². The first-order valence-corrected chi connectivity index (χ1v) is 6.76. The summed E-state index contributed by atoms with van der Waals surface area (Å²) in [5.74, 6) is -0.253. The summed E-state index contributed by atoms with van der Waals surface area (Å²) in [6.07, 6.45) is 3.07. The van der Waals surface area contributed by atoms with E-state index >= 15 is 0 Å². The van der Waals surface area contributed by atoms with Crippen molar-refractivity contribution in [2.75, 3.05) is 6.61 Å². The monoisotopic (exact) mass is 250 g/mol. The number of ketones is 1. The Hall–Kier alpha value is -1.12. The average molecular weight is 250 g/mol.